The molecule has 0 saturated carbocycles. The maximum absolute atomic E-state index is 12.7. The minimum atomic E-state index is 0.145. The van der Waals surface area contributed by atoms with Crippen molar-refractivity contribution in [1.82, 2.24) is 14.7 Å². The number of likely N-dealkylation sites (tertiary alicyclic amines) is 2. The van der Waals surface area contributed by atoms with Crippen LogP contribution in [0.4, 0.5) is 0 Å². The number of nitrogens with zero attached hydrogens (tertiary/aromatic N) is 3. The van der Waals surface area contributed by atoms with Gasteiger partial charge in [0.15, 0.2) is 0 Å². The second kappa shape index (κ2) is 11.0. The van der Waals surface area contributed by atoms with Gasteiger partial charge in [0.1, 0.15) is 5.75 Å². The van der Waals surface area contributed by atoms with Crippen LogP contribution in [0, 0.1) is 5.92 Å². The van der Waals surface area contributed by atoms with Crippen LogP contribution < -0.4 is 4.74 Å². The summed E-state index contributed by atoms with van der Waals surface area (Å²) in [5, 5.41) is 0. The quantitative estimate of drug-likeness (QED) is 0.633. The highest BCUT2D eigenvalue weighted by atomic mass is 16.5. The molecule has 0 aliphatic carbocycles. The smallest absolute Gasteiger partial charge is 0.226 e. The molecule has 0 spiro atoms. The lowest BCUT2D eigenvalue weighted by Gasteiger charge is -2.34. The van der Waals surface area contributed by atoms with Crippen LogP contribution in [0.2, 0.25) is 0 Å². The molecule has 29 heavy (non-hydrogen) atoms. The second-order valence-electron chi connectivity index (χ2n) is 8.65. The summed E-state index contributed by atoms with van der Waals surface area (Å²) in [7, 11) is 2.22. The SMILES string of the molecule is CCN(CC)C(=O)C1CCCN(Cc2cccc(OCCC3CCCN3C)c2)C1. The molecule has 1 amide bonds. The van der Waals surface area contributed by atoms with Gasteiger partial charge < -0.3 is 14.5 Å². The second-order valence-corrected chi connectivity index (χ2v) is 8.65. The largest absolute Gasteiger partial charge is 0.494 e. The van der Waals surface area contributed by atoms with E-state index >= 15 is 0 Å². The Kier molecular flexibility index (Phi) is 8.37. The Labute approximate surface area is 177 Å². The van der Waals surface area contributed by atoms with Crippen molar-refractivity contribution in [2.75, 3.05) is 46.4 Å². The van der Waals surface area contributed by atoms with Crippen molar-refractivity contribution < 1.29 is 9.53 Å². The highest BCUT2D eigenvalue weighted by Crippen LogP contribution is 2.23. The summed E-state index contributed by atoms with van der Waals surface area (Å²) in [6.07, 6.45) is 5.82. The van der Waals surface area contributed by atoms with Gasteiger partial charge in [-0.05, 0) is 83.8 Å². The Balaban J connectivity index is 1.49. The molecule has 1 aromatic rings. The Morgan fingerprint density at radius 2 is 1.97 bits per heavy atom. The van der Waals surface area contributed by atoms with Gasteiger partial charge in [-0.25, -0.2) is 0 Å². The molecule has 0 bridgehead atoms. The van der Waals surface area contributed by atoms with Gasteiger partial charge >= 0.3 is 0 Å². The molecule has 2 fully saturated rings. The minimum Gasteiger partial charge on any atom is -0.494 e. The lowest BCUT2D eigenvalue weighted by molar-refractivity contribution is -0.137. The number of carbonyl (C=O) groups excluding carboxylic acids is 1. The van der Waals surface area contributed by atoms with Gasteiger partial charge in [0, 0.05) is 32.2 Å². The van der Waals surface area contributed by atoms with Crippen LogP contribution in [0.3, 0.4) is 0 Å². The predicted octanol–water partition coefficient (Wildman–Crippen LogP) is 3.63. The first-order valence-electron chi connectivity index (χ1n) is 11.5. The molecule has 2 heterocycles. The molecule has 1 aromatic carbocycles. The molecule has 5 heteroatoms. The normalized spacial score (nSPS) is 23.3. The molecule has 0 radical (unpaired) electrons. The number of amides is 1. The van der Waals surface area contributed by atoms with Crippen LogP contribution in [-0.4, -0.2) is 73.0 Å². The van der Waals surface area contributed by atoms with E-state index in [9.17, 15) is 4.79 Å². The van der Waals surface area contributed by atoms with E-state index in [1.165, 1.54) is 24.9 Å². The fourth-order valence-electron chi connectivity index (χ4n) is 4.84. The highest BCUT2D eigenvalue weighted by molar-refractivity contribution is 5.79. The first-order valence-corrected chi connectivity index (χ1v) is 11.5. The number of hydrogen-bond acceptors (Lipinski definition) is 4. The summed E-state index contributed by atoms with van der Waals surface area (Å²) in [5.41, 5.74) is 1.27. The van der Waals surface area contributed by atoms with E-state index in [-0.39, 0.29) is 5.92 Å². The molecular formula is C24H39N3O2. The molecular weight excluding hydrogens is 362 g/mol. The first kappa shape index (κ1) is 22.1. The Morgan fingerprint density at radius 1 is 1.17 bits per heavy atom. The van der Waals surface area contributed by atoms with E-state index in [1.54, 1.807) is 0 Å². The zero-order valence-electron chi connectivity index (χ0n) is 18.6. The average molecular weight is 402 g/mol. The molecule has 5 nitrogen and oxygen atoms in total. The standard InChI is InChI=1S/C24H39N3O2/c1-4-27(5-2)24(28)21-10-7-15-26(19-21)18-20-9-6-12-23(17-20)29-16-13-22-11-8-14-25(22)3/h6,9,12,17,21-22H,4-5,7-8,10-11,13-16,18-19H2,1-3H3. The van der Waals surface area contributed by atoms with E-state index in [4.69, 9.17) is 4.74 Å². The summed E-state index contributed by atoms with van der Waals surface area (Å²) in [6, 6.07) is 9.17. The number of rotatable bonds is 9. The summed E-state index contributed by atoms with van der Waals surface area (Å²) >= 11 is 0. The third kappa shape index (κ3) is 6.19. The number of hydrogen-bond donors (Lipinski definition) is 0. The Hall–Kier alpha value is -1.59. The fraction of sp³-hybridized carbons (Fsp3) is 0.708. The number of piperidine rings is 1. The average Bonchev–Trinajstić information content (AvgIpc) is 3.14. The highest BCUT2D eigenvalue weighted by Gasteiger charge is 2.28. The monoisotopic (exact) mass is 401 g/mol. The molecule has 162 valence electrons. The molecule has 2 aliphatic heterocycles. The van der Waals surface area contributed by atoms with E-state index in [0.717, 1.165) is 64.3 Å². The third-order valence-corrected chi connectivity index (χ3v) is 6.63. The van der Waals surface area contributed by atoms with Crippen molar-refractivity contribution in [1.29, 1.82) is 0 Å². The van der Waals surface area contributed by atoms with Crippen molar-refractivity contribution in [2.45, 2.75) is 58.5 Å². The topological polar surface area (TPSA) is 36.0 Å². The maximum atomic E-state index is 12.7. The van der Waals surface area contributed by atoms with E-state index in [2.05, 4.69) is 55.0 Å². The van der Waals surface area contributed by atoms with Gasteiger partial charge in [-0.15, -0.1) is 0 Å². The van der Waals surface area contributed by atoms with Crippen molar-refractivity contribution in [3.63, 3.8) is 0 Å². The predicted molar refractivity (Wildman–Crippen MR) is 118 cm³/mol. The van der Waals surface area contributed by atoms with Gasteiger partial charge in [-0.1, -0.05) is 12.1 Å². The van der Waals surface area contributed by atoms with Crippen LogP contribution in [0.15, 0.2) is 24.3 Å². The summed E-state index contributed by atoms with van der Waals surface area (Å²) < 4.78 is 6.06. The van der Waals surface area contributed by atoms with Crippen LogP contribution in [-0.2, 0) is 11.3 Å². The van der Waals surface area contributed by atoms with E-state index in [1.807, 2.05) is 4.90 Å². The van der Waals surface area contributed by atoms with Gasteiger partial charge in [0.2, 0.25) is 5.91 Å². The van der Waals surface area contributed by atoms with E-state index in [0.29, 0.717) is 11.9 Å². The number of carbonyl (C=O) groups is 1. The zero-order valence-corrected chi connectivity index (χ0v) is 18.6. The third-order valence-electron chi connectivity index (χ3n) is 6.63. The van der Waals surface area contributed by atoms with Gasteiger partial charge in [-0.3, -0.25) is 9.69 Å². The number of ether oxygens (including phenoxy) is 1. The molecule has 0 aromatic heterocycles. The zero-order chi connectivity index (χ0) is 20.6. The fourth-order valence-corrected chi connectivity index (χ4v) is 4.84. The minimum absolute atomic E-state index is 0.145. The van der Waals surface area contributed by atoms with Crippen molar-refractivity contribution in [3.8, 4) is 5.75 Å². The molecule has 2 aliphatic rings. The molecule has 3 rings (SSSR count). The van der Waals surface area contributed by atoms with Crippen LogP contribution >= 0.6 is 0 Å². The molecule has 2 unspecified atom stereocenters. The Bertz CT molecular complexity index is 647. The van der Waals surface area contributed by atoms with Gasteiger partial charge in [0.05, 0.1) is 12.5 Å². The first-order chi connectivity index (χ1) is 14.1. The summed E-state index contributed by atoms with van der Waals surface area (Å²) in [6.45, 7) is 10.6. The number of benzene rings is 1. The Morgan fingerprint density at radius 3 is 2.69 bits per heavy atom. The summed E-state index contributed by atoms with van der Waals surface area (Å²) in [5.74, 6) is 1.44. The van der Waals surface area contributed by atoms with Crippen LogP contribution in [0.5, 0.6) is 5.75 Å². The van der Waals surface area contributed by atoms with Gasteiger partial charge in [0.25, 0.3) is 0 Å². The lowest BCUT2D eigenvalue weighted by Crippen LogP contribution is -2.44. The van der Waals surface area contributed by atoms with Crippen LogP contribution in [0.1, 0.15) is 51.5 Å². The van der Waals surface area contributed by atoms with Crippen molar-refractivity contribution in [3.05, 3.63) is 29.8 Å². The molecule has 2 saturated heterocycles. The lowest BCUT2D eigenvalue weighted by atomic mass is 9.96. The molecule has 0 N–H and O–H groups in total. The van der Waals surface area contributed by atoms with Crippen molar-refractivity contribution >= 4 is 5.91 Å². The van der Waals surface area contributed by atoms with Crippen LogP contribution in [0.25, 0.3) is 0 Å². The summed E-state index contributed by atoms with van der Waals surface area (Å²) in [4.78, 5) is 19.6. The maximum Gasteiger partial charge on any atom is 0.226 e. The van der Waals surface area contributed by atoms with E-state index < -0.39 is 0 Å². The molecule has 2 atom stereocenters. The van der Waals surface area contributed by atoms with Gasteiger partial charge in [-0.2, -0.15) is 0 Å². The van der Waals surface area contributed by atoms with Crippen molar-refractivity contribution in [2.24, 2.45) is 5.92 Å².